The lowest BCUT2D eigenvalue weighted by Gasteiger charge is -2.31. The predicted octanol–water partition coefficient (Wildman–Crippen LogP) is 3.48. The summed E-state index contributed by atoms with van der Waals surface area (Å²) in [5, 5.41) is 12.5. The molecule has 92 valence electrons. The highest BCUT2D eigenvalue weighted by Crippen LogP contribution is 2.25. The number of nitrogens with one attached hydrogen (secondary N) is 1. The van der Waals surface area contributed by atoms with E-state index in [9.17, 15) is 0 Å². The molecule has 0 amide bonds. The Bertz CT molecular complexity index is 232. The Balaban J connectivity index is 2.22. The molecule has 0 aromatic rings. The number of nitrogens with zero attached hydrogens (tertiary/aromatic N) is 1. The van der Waals surface area contributed by atoms with Crippen LogP contribution in [0.1, 0.15) is 59.3 Å². The molecule has 1 N–H and O–H groups in total. The van der Waals surface area contributed by atoms with E-state index in [0.717, 1.165) is 19.4 Å². The molecule has 0 bridgehead atoms. The van der Waals surface area contributed by atoms with Crippen molar-refractivity contribution in [2.75, 3.05) is 6.54 Å². The summed E-state index contributed by atoms with van der Waals surface area (Å²) in [5.74, 6) is 0.321. The molecule has 0 unspecified atom stereocenters. The quantitative estimate of drug-likeness (QED) is 0.773. The largest absolute Gasteiger partial charge is 0.313 e. The highest BCUT2D eigenvalue weighted by molar-refractivity contribution is 4.89. The Labute approximate surface area is 100 Å². The van der Waals surface area contributed by atoms with E-state index in [2.05, 4.69) is 32.2 Å². The fourth-order valence-corrected chi connectivity index (χ4v) is 2.61. The summed E-state index contributed by atoms with van der Waals surface area (Å²) in [6.07, 6.45) is 7.08. The summed E-state index contributed by atoms with van der Waals surface area (Å²) in [7, 11) is 0. The van der Waals surface area contributed by atoms with Gasteiger partial charge in [0, 0.05) is 18.5 Å². The van der Waals surface area contributed by atoms with Crippen molar-refractivity contribution in [2.45, 2.75) is 65.3 Å². The van der Waals surface area contributed by atoms with Gasteiger partial charge in [-0.2, -0.15) is 5.26 Å². The molecule has 0 aromatic heterocycles. The summed E-state index contributed by atoms with van der Waals surface area (Å²) >= 11 is 0. The molecule has 2 nitrogen and oxygen atoms in total. The molecule has 0 spiro atoms. The van der Waals surface area contributed by atoms with Crippen LogP contribution in [0.2, 0.25) is 0 Å². The minimum Gasteiger partial charge on any atom is -0.313 e. The number of hydrogen-bond acceptors (Lipinski definition) is 2. The molecule has 1 saturated carbocycles. The average Bonchev–Trinajstić information content (AvgIpc) is 2.27. The van der Waals surface area contributed by atoms with Gasteiger partial charge in [0.2, 0.25) is 0 Å². The standard InChI is InChI=1S/C14H26N2/c1-4-9-14(2,3)11-16-13-7-5-12(10-15)6-8-13/h12-13,16H,4-9,11H2,1-3H3. The minimum atomic E-state index is 0.321. The maximum atomic E-state index is 8.84. The van der Waals surface area contributed by atoms with Crippen LogP contribution in [0.4, 0.5) is 0 Å². The van der Waals surface area contributed by atoms with Gasteiger partial charge >= 0.3 is 0 Å². The van der Waals surface area contributed by atoms with Gasteiger partial charge < -0.3 is 5.32 Å². The summed E-state index contributed by atoms with van der Waals surface area (Å²) in [5.41, 5.74) is 0.417. The van der Waals surface area contributed by atoms with E-state index in [1.807, 2.05) is 0 Å². The van der Waals surface area contributed by atoms with Crippen LogP contribution in [0.5, 0.6) is 0 Å². The van der Waals surface area contributed by atoms with Crippen LogP contribution in [-0.4, -0.2) is 12.6 Å². The van der Waals surface area contributed by atoms with Gasteiger partial charge in [-0.15, -0.1) is 0 Å². The van der Waals surface area contributed by atoms with Crippen molar-refractivity contribution < 1.29 is 0 Å². The molecule has 0 atom stereocenters. The maximum absolute atomic E-state index is 8.84. The monoisotopic (exact) mass is 222 g/mol. The molecule has 2 heteroatoms. The second-order valence-corrected chi connectivity index (χ2v) is 5.97. The lowest BCUT2D eigenvalue weighted by Crippen LogP contribution is -2.39. The molecule has 1 fully saturated rings. The van der Waals surface area contributed by atoms with Crippen LogP contribution in [0.3, 0.4) is 0 Å². The van der Waals surface area contributed by atoms with Crippen molar-refractivity contribution in [2.24, 2.45) is 11.3 Å². The van der Waals surface area contributed by atoms with Crippen LogP contribution in [0.25, 0.3) is 0 Å². The second kappa shape index (κ2) is 6.25. The highest BCUT2D eigenvalue weighted by atomic mass is 14.9. The van der Waals surface area contributed by atoms with Gasteiger partial charge in [-0.25, -0.2) is 0 Å². The van der Waals surface area contributed by atoms with Gasteiger partial charge in [-0.3, -0.25) is 0 Å². The normalized spacial score (nSPS) is 26.4. The van der Waals surface area contributed by atoms with Crippen molar-refractivity contribution in [3.05, 3.63) is 0 Å². The second-order valence-electron chi connectivity index (χ2n) is 5.97. The summed E-state index contributed by atoms with van der Waals surface area (Å²) in [6.45, 7) is 8.04. The molecule has 1 aliphatic rings. The third-order valence-corrected chi connectivity index (χ3v) is 3.71. The van der Waals surface area contributed by atoms with Crippen LogP contribution in [-0.2, 0) is 0 Å². The number of hydrogen-bond donors (Lipinski definition) is 1. The Kier molecular flexibility index (Phi) is 5.28. The van der Waals surface area contributed by atoms with E-state index < -0.39 is 0 Å². The molecule has 16 heavy (non-hydrogen) atoms. The van der Waals surface area contributed by atoms with Crippen molar-refractivity contribution >= 4 is 0 Å². The average molecular weight is 222 g/mol. The maximum Gasteiger partial charge on any atom is 0.0655 e. The molecule has 0 saturated heterocycles. The van der Waals surface area contributed by atoms with Crippen molar-refractivity contribution in [1.29, 1.82) is 5.26 Å². The Morgan fingerprint density at radius 1 is 1.25 bits per heavy atom. The van der Waals surface area contributed by atoms with Gasteiger partial charge in [0.25, 0.3) is 0 Å². The SMILES string of the molecule is CCCC(C)(C)CNC1CCC(C#N)CC1. The zero-order chi connectivity index (χ0) is 12.0. The van der Waals surface area contributed by atoms with E-state index in [0.29, 0.717) is 17.4 Å². The molecule has 1 rings (SSSR count). The minimum absolute atomic E-state index is 0.321. The first-order valence-electron chi connectivity index (χ1n) is 6.70. The first-order chi connectivity index (χ1) is 7.57. The zero-order valence-corrected chi connectivity index (χ0v) is 11.1. The molecule has 0 heterocycles. The van der Waals surface area contributed by atoms with E-state index in [-0.39, 0.29) is 0 Å². The Morgan fingerprint density at radius 2 is 1.88 bits per heavy atom. The highest BCUT2D eigenvalue weighted by Gasteiger charge is 2.23. The summed E-state index contributed by atoms with van der Waals surface area (Å²) < 4.78 is 0. The molecular weight excluding hydrogens is 196 g/mol. The van der Waals surface area contributed by atoms with Gasteiger partial charge in [-0.05, 0) is 37.5 Å². The predicted molar refractivity (Wildman–Crippen MR) is 68.1 cm³/mol. The van der Waals surface area contributed by atoms with Gasteiger partial charge in [0.05, 0.1) is 6.07 Å². The molecule has 0 aliphatic heterocycles. The van der Waals surface area contributed by atoms with Crippen molar-refractivity contribution in [3.63, 3.8) is 0 Å². The van der Waals surface area contributed by atoms with E-state index >= 15 is 0 Å². The van der Waals surface area contributed by atoms with Crippen molar-refractivity contribution in [1.82, 2.24) is 5.32 Å². The van der Waals surface area contributed by atoms with E-state index in [1.54, 1.807) is 0 Å². The van der Waals surface area contributed by atoms with Crippen LogP contribution in [0.15, 0.2) is 0 Å². The van der Waals surface area contributed by atoms with E-state index in [4.69, 9.17) is 5.26 Å². The van der Waals surface area contributed by atoms with Gasteiger partial charge in [0.1, 0.15) is 0 Å². The van der Waals surface area contributed by atoms with Gasteiger partial charge in [0.15, 0.2) is 0 Å². The fraction of sp³-hybridized carbons (Fsp3) is 0.929. The van der Waals surface area contributed by atoms with Gasteiger partial charge in [-0.1, -0.05) is 27.2 Å². The zero-order valence-electron chi connectivity index (χ0n) is 11.1. The Morgan fingerprint density at radius 3 is 2.38 bits per heavy atom. The fourth-order valence-electron chi connectivity index (χ4n) is 2.61. The van der Waals surface area contributed by atoms with Crippen LogP contribution < -0.4 is 5.32 Å². The smallest absolute Gasteiger partial charge is 0.0655 e. The molecule has 0 radical (unpaired) electrons. The van der Waals surface area contributed by atoms with Crippen LogP contribution >= 0.6 is 0 Å². The van der Waals surface area contributed by atoms with E-state index in [1.165, 1.54) is 25.7 Å². The lowest BCUT2D eigenvalue weighted by atomic mass is 9.84. The first-order valence-corrected chi connectivity index (χ1v) is 6.70. The van der Waals surface area contributed by atoms with Crippen molar-refractivity contribution in [3.8, 4) is 6.07 Å². The summed E-state index contributed by atoms with van der Waals surface area (Å²) in [6, 6.07) is 3.04. The summed E-state index contributed by atoms with van der Waals surface area (Å²) in [4.78, 5) is 0. The Hall–Kier alpha value is -0.550. The number of rotatable bonds is 5. The van der Waals surface area contributed by atoms with Crippen LogP contribution in [0, 0.1) is 22.7 Å². The molecular formula is C14H26N2. The molecule has 0 aromatic carbocycles. The topological polar surface area (TPSA) is 35.8 Å². The third kappa shape index (κ3) is 4.53. The first kappa shape index (κ1) is 13.5. The molecule has 1 aliphatic carbocycles. The third-order valence-electron chi connectivity index (χ3n) is 3.71. The number of nitriles is 1. The lowest BCUT2D eigenvalue weighted by molar-refractivity contribution is 0.260.